The van der Waals surface area contributed by atoms with Gasteiger partial charge in [-0.25, -0.2) is 9.98 Å². The Hall–Kier alpha value is -1.61. The van der Waals surface area contributed by atoms with Gasteiger partial charge in [0.1, 0.15) is 12.4 Å². The van der Waals surface area contributed by atoms with Crippen molar-refractivity contribution in [2.24, 2.45) is 4.99 Å². The highest BCUT2D eigenvalue weighted by atomic mass is 127. The number of rotatable bonds is 11. The van der Waals surface area contributed by atoms with Crippen LogP contribution in [0.2, 0.25) is 0 Å². The van der Waals surface area contributed by atoms with Gasteiger partial charge in [-0.2, -0.15) is 0 Å². The zero-order valence-electron chi connectivity index (χ0n) is 16.3. The highest BCUT2D eigenvalue weighted by Gasteiger charge is 2.03. The molecule has 6 nitrogen and oxygen atoms in total. The number of nitrogens with zero attached hydrogens (tertiary/aromatic N) is 2. The van der Waals surface area contributed by atoms with Gasteiger partial charge in [0.25, 0.3) is 0 Å². The van der Waals surface area contributed by atoms with Crippen LogP contribution in [0.3, 0.4) is 0 Å². The Bertz CT molecular complexity index is 645. The summed E-state index contributed by atoms with van der Waals surface area (Å²) in [6, 6.07) is 10.2. The average Bonchev–Trinajstić information content (AvgIpc) is 3.15. The molecule has 3 N–H and O–H groups in total. The summed E-state index contributed by atoms with van der Waals surface area (Å²) in [4.78, 5) is 12.4. The van der Waals surface area contributed by atoms with Crippen LogP contribution in [0.15, 0.2) is 41.5 Å². The first-order chi connectivity index (χ1) is 12.8. The van der Waals surface area contributed by atoms with E-state index in [1.54, 1.807) is 0 Å². The molecule has 0 saturated carbocycles. The van der Waals surface area contributed by atoms with Gasteiger partial charge in [-0.3, -0.25) is 0 Å². The number of aromatic amines is 1. The molecule has 0 aliphatic carbocycles. The van der Waals surface area contributed by atoms with E-state index >= 15 is 0 Å². The fourth-order valence-corrected chi connectivity index (χ4v) is 2.43. The van der Waals surface area contributed by atoms with Crippen LogP contribution >= 0.6 is 24.0 Å². The SMILES string of the molecule is CCCCOCCCNC(=NCc1ncc(-c2ccccc2)[nH]1)NCC.I. The van der Waals surface area contributed by atoms with Crippen molar-refractivity contribution in [1.29, 1.82) is 0 Å². The Balaban J connectivity index is 0.00000364. The van der Waals surface area contributed by atoms with Gasteiger partial charge in [0.15, 0.2) is 5.96 Å². The number of aromatic nitrogens is 2. The second kappa shape index (κ2) is 14.4. The molecular weight excluding hydrogens is 453 g/mol. The van der Waals surface area contributed by atoms with Crippen LogP contribution in [0.25, 0.3) is 11.3 Å². The Labute approximate surface area is 179 Å². The van der Waals surface area contributed by atoms with E-state index in [0.717, 1.165) is 62.2 Å². The summed E-state index contributed by atoms with van der Waals surface area (Å²) in [5.41, 5.74) is 2.14. The van der Waals surface area contributed by atoms with E-state index in [0.29, 0.717) is 6.54 Å². The second-order valence-electron chi connectivity index (χ2n) is 6.05. The van der Waals surface area contributed by atoms with Crippen LogP contribution in [0, 0.1) is 0 Å². The molecule has 0 amide bonds. The largest absolute Gasteiger partial charge is 0.381 e. The number of ether oxygens (including phenoxy) is 1. The predicted octanol–water partition coefficient (Wildman–Crippen LogP) is 3.96. The molecule has 2 rings (SSSR count). The van der Waals surface area contributed by atoms with Crippen molar-refractivity contribution in [2.45, 2.75) is 39.7 Å². The minimum atomic E-state index is 0. The third kappa shape index (κ3) is 9.23. The molecule has 0 aliphatic rings. The van der Waals surface area contributed by atoms with Gasteiger partial charge in [-0.15, -0.1) is 24.0 Å². The van der Waals surface area contributed by atoms with Gasteiger partial charge < -0.3 is 20.4 Å². The normalized spacial score (nSPS) is 11.1. The number of imidazole rings is 1. The number of H-pyrrole nitrogens is 1. The van der Waals surface area contributed by atoms with E-state index < -0.39 is 0 Å². The van der Waals surface area contributed by atoms with Crippen LogP contribution in [0.4, 0.5) is 0 Å². The summed E-state index contributed by atoms with van der Waals surface area (Å²) in [7, 11) is 0. The van der Waals surface area contributed by atoms with E-state index in [2.05, 4.69) is 51.6 Å². The van der Waals surface area contributed by atoms with E-state index in [-0.39, 0.29) is 24.0 Å². The third-order valence-electron chi connectivity index (χ3n) is 3.84. The van der Waals surface area contributed by atoms with Crippen LogP contribution in [-0.2, 0) is 11.3 Å². The molecule has 1 heterocycles. The molecule has 0 atom stereocenters. The maximum absolute atomic E-state index is 5.57. The fourth-order valence-electron chi connectivity index (χ4n) is 2.43. The van der Waals surface area contributed by atoms with Gasteiger partial charge in [-0.1, -0.05) is 43.7 Å². The van der Waals surface area contributed by atoms with Gasteiger partial charge in [0, 0.05) is 26.3 Å². The number of aliphatic imine (C=N–C) groups is 1. The van der Waals surface area contributed by atoms with Gasteiger partial charge in [0.05, 0.1) is 11.9 Å². The van der Waals surface area contributed by atoms with E-state index in [1.165, 1.54) is 6.42 Å². The molecule has 1 aromatic carbocycles. The molecule has 0 radical (unpaired) electrons. The molecule has 0 unspecified atom stereocenters. The molecule has 0 aliphatic heterocycles. The van der Waals surface area contributed by atoms with Crippen molar-refractivity contribution >= 4 is 29.9 Å². The minimum Gasteiger partial charge on any atom is -0.381 e. The molecular formula is C20H32IN5O. The Morgan fingerprint density at radius 3 is 2.63 bits per heavy atom. The highest BCUT2D eigenvalue weighted by molar-refractivity contribution is 14.0. The van der Waals surface area contributed by atoms with Crippen molar-refractivity contribution in [3.05, 3.63) is 42.4 Å². The Morgan fingerprint density at radius 1 is 1.11 bits per heavy atom. The molecule has 27 heavy (non-hydrogen) atoms. The lowest BCUT2D eigenvalue weighted by molar-refractivity contribution is 0.129. The van der Waals surface area contributed by atoms with Crippen molar-refractivity contribution in [1.82, 2.24) is 20.6 Å². The number of nitrogens with one attached hydrogen (secondary N) is 3. The Kier molecular flexibility index (Phi) is 12.5. The minimum absolute atomic E-state index is 0. The molecule has 0 saturated heterocycles. The number of unbranched alkanes of at least 4 members (excludes halogenated alkanes) is 1. The number of hydrogen-bond acceptors (Lipinski definition) is 3. The van der Waals surface area contributed by atoms with Crippen LogP contribution in [-0.4, -0.2) is 42.2 Å². The molecule has 0 fully saturated rings. The maximum atomic E-state index is 5.57. The summed E-state index contributed by atoms with van der Waals surface area (Å²) in [5, 5.41) is 6.60. The third-order valence-corrected chi connectivity index (χ3v) is 3.84. The monoisotopic (exact) mass is 485 g/mol. The lowest BCUT2D eigenvalue weighted by Crippen LogP contribution is -2.38. The summed E-state index contributed by atoms with van der Waals surface area (Å²) < 4.78 is 5.57. The lowest BCUT2D eigenvalue weighted by Gasteiger charge is -2.11. The number of hydrogen-bond donors (Lipinski definition) is 3. The quantitative estimate of drug-likeness (QED) is 0.195. The standard InChI is InChI=1S/C20H31N5O.HI/c1-3-5-13-26-14-9-12-22-20(21-4-2)24-16-19-23-15-18(25-19)17-10-7-6-8-11-17;/h6-8,10-11,15H,3-5,9,12-14,16H2,1-2H3,(H,23,25)(H2,21,22,24);1H. The van der Waals surface area contributed by atoms with Crippen molar-refractivity contribution < 1.29 is 4.74 Å². The van der Waals surface area contributed by atoms with Crippen molar-refractivity contribution in [3.63, 3.8) is 0 Å². The second-order valence-corrected chi connectivity index (χ2v) is 6.05. The number of halogens is 1. The molecule has 150 valence electrons. The summed E-state index contributed by atoms with van der Waals surface area (Å²) in [6.45, 7) is 8.04. The molecule has 2 aromatic rings. The fraction of sp³-hybridized carbons (Fsp3) is 0.500. The van der Waals surface area contributed by atoms with Gasteiger partial charge in [-0.05, 0) is 25.3 Å². The lowest BCUT2D eigenvalue weighted by atomic mass is 10.2. The number of benzene rings is 1. The smallest absolute Gasteiger partial charge is 0.191 e. The van der Waals surface area contributed by atoms with Crippen molar-refractivity contribution in [2.75, 3.05) is 26.3 Å². The number of guanidine groups is 1. The molecule has 0 bridgehead atoms. The van der Waals surface area contributed by atoms with Crippen molar-refractivity contribution in [3.8, 4) is 11.3 Å². The van der Waals surface area contributed by atoms with Crippen LogP contribution in [0.5, 0.6) is 0 Å². The van der Waals surface area contributed by atoms with E-state index in [4.69, 9.17) is 4.74 Å². The first-order valence-corrected chi connectivity index (χ1v) is 9.52. The topological polar surface area (TPSA) is 74.3 Å². The summed E-state index contributed by atoms with van der Waals surface area (Å²) >= 11 is 0. The van der Waals surface area contributed by atoms with E-state index in [1.807, 2.05) is 24.4 Å². The van der Waals surface area contributed by atoms with Crippen LogP contribution in [0.1, 0.15) is 38.9 Å². The highest BCUT2D eigenvalue weighted by Crippen LogP contribution is 2.16. The molecule has 1 aromatic heterocycles. The molecule has 0 spiro atoms. The first-order valence-electron chi connectivity index (χ1n) is 9.52. The zero-order valence-corrected chi connectivity index (χ0v) is 18.7. The van der Waals surface area contributed by atoms with Crippen LogP contribution < -0.4 is 10.6 Å². The summed E-state index contributed by atoms with van der Waals surface area (Å²) in [6.07, 6.45) is 5.13. The molecule has 7 heteroatoms. The van der Waals surface area contributed by atoms with E-state index in [9.17, 15) is 0 Å². The Morgan fingerprint density at radius 2 is 1.89 bits per heavy atom. The predicted molar refractivity (Wildman–Crippen MR) is 123 cm³/mol. The first kappa shape index (κ1) is 23.4. The summed E-state index contributed by atoms with van der Waals surface area (Å²) in [5.74, 6) is 1.66. The zero-order chi connectivity index (χ0) is 18.5. The maximum Gasteiger partial charge on any atom is 0.191 e. The van der Waals surface area contributed by atoms with Gasteiger partial charge in [0.2, 0.25) is 0 Å². The average molecular weight is 485 g/mol. The van der Waals surface area contributed by atoms with Gasteiger partial charge >= 0.3 is 0 Å².